The lowest BCUT2D eigenvalue weighted by atomic mass is 9.82. The van der Waals surface area contributed by atoms with Crippen LogP contribution in [-0.2, 0) is 20.9 Å². The van der Waals surface area contributed by atoms with Crippen molar-refractivity contribution in [1.29, 1.82) is 5.26 Å². The largest absolute Gasteiger partial charge is 0.489 e. The minimum Gasteiger partial charge on any atom is -0.489 e. The van der Waals surface area contributed by atoms with E-state index in [9.17, 15) is 10.1 Å². The Morgan fingerprint density at radius 1 is 1.32 bits per heavy atom. The number of nitrogens with zero attached hydrogens (tertiary/aromatic N) is 1. The molecular weight excluding hydrogens is 484 g/mol. The van der Waals surface area contributed by atoms with Crippen LogP contribution in [0.1, 0.15) is 30.9 Å². The van der Waals surface area contributed by atoms with Crippen molar-refractivity contribution in [1.82, 2.24) is 0 Å². The second-order valence-corrected chi connectivity index (χ2v) is 8.07. The van der Waals surface area contributed by atoms with Crippen molar-refractivity contribution in [2.24, 2.45) is 5.73 Å². The van der Waals surface area contributed by atoms with Crippen LogP contribution in [0.5, 0.6) is 5.75 Å². The van der Waals surface area contributed by atoms with Gasteiger partial charge in [0.05, 0.1) is 18.1 Å². The molecule has 0 saturated carbocycles. The van der Waals surface area contributed by atoms with Crippen molar-refractivity contribution in [2.75, 3.05) is 6.61 Å². The molecular formula is C23H20BrClN2O4. The highest BCUT2D eigenvalue weighted by molar-refractivity contribution is 9.10. The predicted octanol–water partition coefficient (Wildman–Crippen LogP) is 5.33. The summed E-state index contributed by atoms with van der Waals surface area (Å²) < 4.78 is 17.5. The summed E-state index contributed by atoms with van der Waals surface area (Å²) in [6.45, 7) is 3.75. The molecule has 0 saturated heterocycles. The van der Waals surface area contributed by atoms with Crippen molar-refractivity contribution < 1.29 is 19.0 Å². The molecule has 2 N–H and O–H groups in total. The Kier molecular flexibility index (Phi) is 7.26. The smallest absolute Gasteiger partial charge is 0.338 e. The van der Waals surface area contributed by atoms with E-state index < -0.39 is 11.9 Å². The molecule has 8 heteroatoms. The van der Waals surface area contributed by atoms with Crippen LogP contribution in [0.25, 0.3) is 0 Å². The Balaban J connectivity index is 2.08. The van der Waals surface area contributed by atoms with E-state index in [1.807, 2.05) is 18.2 Å². The molecule has 0 fully saturated rings. The van der Waals surface area contributed by atoms with Gasteiger partial charge in [0.1, 0.15) is 29.8 Å². The van der Waals surface area contributed by atoms with E-state index in [4.69, 9.17) is 31.5 Å². The molecule has 1 unspecified atom stereocenters. The molecule has 0 radical (unpaired) electrons. The molecule has 2 aromatic rings. The zero-order valence-corrected chi connectivity index (χ0v) is 19.3. The van der Waals surface area contributed by atoms with Crippen LogP contribution in [0.4, 0.5) is 0 Å². The van der Waals surface area contributed by atoms with E-state index >= 15 is 0 Å². The van der Waals surface area contributed by atoms with Crippen LogP contribution in [-0.4, -0.2) is 12.6 Å². The third kappa shape index (κ3) is 5.04. The van der Waals surface area contributed by atoms with Crippen molar-refractivity contribution in [3.05, 3.63) is 85.9 Å². The molecule has 0 aromatic heterocycles. The lowest BCUT2D eigenvalue weighted by Crippen LogP contribution is -2.26. The molecule has 6 nitrogen and oxygen atoms in total. The Labute approximate surface area is 194 Å². The monoisotopic (exact) mass is 502 g/mol. The van der Waals surface area contributed by atoms with E-state index in [0.29, 0.717) is 16.3 Å². The molecule has 0 aliphatic carbocycles. The highest BCUT2D eigenvalue weighted by atomic mass is 79.9. The van der Waals surface area contributed by atoms with Crippen LogP contribution in [0, 0.1) is 11.3 Å². The summed E-state index contributed by atoms with van der Waals surface area (Å²) in [6.07, 6.45) is 0. The summed E-state index contributed by atoms with van der Waals surface area (Å²) in [4.78, 5) is 12.8. The lowest BCUT2D eigenvalue weighted by Gasteiger charge is -2.28. The minimum absolute atomic E-state index is 0.0567. The van der Waals surface area contributed by atoms with E-state index in [0.717, 1.165) is 10.0 Å². The second-order valence-electron chi connectivity index (χ2n) is 6.72. The Bertz CT molecular complexity index is 1120. The fourth-order valence-corrected chi connectivity index (χ4v) is 3.92. The van der Waals surface area contributed by atoms with Gasteiger partial charge in [-0.2, -0.15) is 5.26 Å². The number of halogens is 2. The fourth-order valence-electron chi connectivity index (χ4n) is 3.33. The normalized spacial score (nSPS) is 15.9. The molecule has 1 aliphatic heterocycles. The van der Waals surface area contributed by atoms with Crippen LogP contribution >= 0.6 is 27.5 Å². The first-order chi connectivity index (χ1) is 14.8. The molecule has 0 amide bonds. The quantitative estimate of drug-likeness (QED) is 0.536. The van der Waals surface area contributed by atoms with Crippen molar-refractivity contribution in [3.8, 4) is 11.8 Å². The number of nitrogens with two attached hydrogens (primary N) is 1. The van der Waals surface area contributed by atoms with Crippen LogP contribution in [0.2, 0.25) is 5.02 Å². The van der Waals surface area contributed by atoms with Crippen molar-refractivity contribution in [2.45, 2.75) is 26.4 Å². The van der Waals surface area contributed by atoms with Crippen LogP contribution in [0.15, 0.2) is 69.7 Å². The average Bonchev–Trinajstić information content (AvgIpc) is 2.72. The van der Waals surface area contributed by atoms with Crippen molar-refractivity contribution in [3.63, 3.8) is 0 Å². The topological polar surface area (TPSA) is 94.6 Å². The highest BCUT2D eigenvalue weighted by Gasteiger charge is 2.38. The third-order valence-electron chi connectivity index (χ3n) is 4.67. The standard InChI is InChI=1S/C23H20BrClN2O4/c1-3-29-23(28)20-13(2)31-22(27)18(11-26)21(20)17-10-15(24)7-8-19(17)30-12-14-5-4-6-16(25)9-14/h4-10,21H,3,12,27H2,1-2H3. The second kappa shape index (κ2) is 9.90. The first kappa shape index (κ1) is 22.7. The number of rotatable bonds is 6. The minimum atomic E-state index is -0.801. The maximum absolute atomic E-state index is 12.8. The van der Waals surface area contributed by atoms with Gasteiger partial charge in [-0.25, -0.2) is 4.79 Å². The first-order valence-electron chi connectivity index (χ1n) is 9.47. The molecule has 1 aliphatic rings. The number of nitriles is 1. The first-order valence-corrected chi connectivity index (χ1v) is 10.6. The summed E-state index contributed by atoms with van der Waals surface area (Å²) in [7, 11) is 0. The number of allylic oxidation sites excluding steroid dienone is 2. The molecule has 31 heavy (non-hydrogen) atoms. The molecule has 2 aromatic carbocycles. The summed E-state index contributed by atoms with van der Waals surface area (Å²) in [6, 6.07) is 14.8. The number of benzene rings is 2. The number of hydrogen-bond donors (Lipinski definition) is 1. The number of carbonyl (C=O) groups is 1. The summed E-state index contributed by atoms with van der Waals surface area (Å²) >= 11 is 9.53. The van der Waals surface area contributed by atoms with Gasteiger partial charge >= 0.3 is 5.97 Å². The highest BCUT2D eigenvalue weighted by Crippen LogP contribution is 2.44. The van der Waals surface area contributed by atoms with Gasteiger partial charge in [-0.3, -0.25) is 0 Å². The van der Waals surface area contributed by atoms with Crippen LogP contribution in [0.3, 0.4) is 0 Å². The van der Waals surface area contributed by atoms with Gasteiger partial charge in [-0.1, -0.05) is 39.7 Å². The maximum atomic E-state index is 12.8. The van der Waals surface area contributed by atoms with Gasteiger partial charge in [0.25, 0.3) is 0 Å². The predicted molar refractivity (Wildman–Crippen MR) is 120 cm³/mol. The molecule has 160 valence electrons. The summed E-state index contributed by atoms with van der Waals surface area (Å²) in [5, 5.41) is 10.4. The number of ether oxygens (including phenoxy) is 3. The molecule has 0 spiro atoms. The van der Waals surface area contributed by atoms with Crippen LogP contribution < -0.4 is 10.5 Å². The van der Waals surface area contributed by atoms with E-state index in [2.05, 4.69) is 22.0 Å². The zero-order valence-electron chi connectivity index (χ0n) is 16.9. The van der Waals surface area contributed by atoms with Gasteiger partial charge in [0.2, 0.25) is 5.88 Å². The Morgan fingerprint density at radius 2 is 2.10 bits per heavy atom. The van der Waals surface area contributed by atoms with Crippen molar-refractivity contribution >= 4 is 33.5 Å². The maximum Gasteiger partial charge on any atom is 0.338 e. The zero-order chi connectivity index (χ0) is 22.5. The van der Waals surface area contributed by atoms with Gasteiger partial charge in [-0.05, 0) is 49.7 Å². The Hall–Kier alpha value is -2.95. The lowest BCUT2D eigenvalue weighted by molar-refractivity contribution is -0.139. The van der Waals surface area contributed by atoms with E-state index in [-0.39, 0.29) is 36.0 Å². The number of hydrogen-bond acceptors (Lipinski definition) is 6. The van der Waals surface area contributed by atoms with Gasteiger partial charge < -0.3 is 19.9 Å². The Morgan fingerprint density at radius 3 is 2.77 bits per heavy atom. The molecule has 1 atom stereocenters. The third-order valence-corrected chi connectivity index (χ3v) is 5.40. The number of carbonyl (C=O) groups excluding carboxylic acids is 1. The fraction of sp³-hybridized carbons (Fsp3) is 0.217. The molecule has 0 bridgehead atoms. The summed E-state index contributed by atoms with van der Waals surface area (Å²) in [5.41, 5.74) is 7.77. The van der Waals surface area contributed by atoms with Gasteiger partial charge in [0, 0.05) is 15.1 Å². The SMILES string of the molecule is CCOC(=O)C1=C(C)OC(N)=C(C#N)C1c1cc(Br)ccc1OCc1cccc(Cl)c1. The van der Waals surface area contributed by atoms with E-state index in [1.165, 1.54) is 0 Å². The summed E-state index contributed by atoms with van der Waals surface area (Å²) in [5.74, 6) is -0.666. The number of esters is 1. The van der Waals surface area contributed by atoms with Gasteiger partial charge in [0.15, 0.2) is 0 Å². The molecule has 1 heterocycles. The average molecular weight is 504 g/mol. The van der Waals surface area contributed by atoms with Gasteiger partial charge in [-0.15, -0.1) is 0 Å². The molecule has 3 rings (SSSR count). The van der Waals surface area contributed by atoms with E-state index in [1.54, 1.807) is 38.1 Å².